The third-order valence-corrected chi connectivity index (χ3v) is 5.98. The second kappa shape index (κ2) is 6.28. The molecule has 0 bridgehead atoms. The summed E-state index contributed by atoms with van der Waals surface area (Å²) in [7, 11) is 0. The first-order chi connectivity index (χ1) is 10.4. The Hall–Kier alpha value is -0.750. The largest absolute Gasteiger partial charge is 0.591 e. The van der Waals surface area contributed by atoms with E-state index in [4.69, 9.17) is 4.74 Å². The van der Waals surface area contributed by atoms with Crippen molar-refractivity contribution in [3.05, 3.63) is 0 Å². The summed E-state index contributed by atoms with van der Waals surface area (Å²) in [6, 6.07) is 0. The van der Waals surface area contributed by atoms with Crippen molar-refractivity contribution in [1.82, 2.24) is 4.90 Å². The molecule has 0 aromatic heterocycles. The number of likely N-dealkylation sites (tertiary alicyclic amines) is 1. The molecule has 2 fully saturated rings. The van der Waals surface area contributed by atoms with Crippen molar-refractivity contribution in [2.75, 3.05) is 13.1 Å². The molecule has 1 aliphatic heterocycles. The molecule has 5 nitrogen and oxygen atoms in total. The van der Waals surface area contributed by atoms with E-state index >= 15 is 0 Å². The van der Waals surface area contributed by atoms with Crippen molar-refractivity contribution in [2.24, 2.45) is 9.81 Å². The molecule has 6 heteroatoms. The van der Waals surface area contributed by atoms with Gasteiger partial charge in [-0.25, -0.2) is 4.79 Å². The van der Waals surface area contributed by atoms with E-state index in [2.05, 4.69) is 4.40 Å². The average molecular weight is 343 g/mol. The predicted octanol–water partition coefficient (Wildman–Crippen LogP) is 3.70. The molecule has 1 amide bonds. The second-order valence-electron chi connectivity index (χ2n) is 8.65. The normalized spacial score (nSPS) is 24.5. The van der Waals surface area contributed by atoms with E-state index in [-0.39, 0.29) is 16.3 Å². The fraction of sp³-hybridized carbons (Fsp3) is 0.882. The highest BCUT2D eigenvalue weighted by molar-refractivity contribution is 7.91. The van der Waals surface area contributed by atoms with Crippen LogP contribution in [0.4, 0.5) is 4.79 Å². The third kappa shape index (κ3) is 4.41. The molecular weight excluding hydrogens is 312 g/mol. The molecule has 2 rings (SSSR count). The first-order valence-corrected chi connectivity index (χ1v) is 9.52. The molecule has 1 saturated carbocycles. The second-order valence-corrected chi connectivity index (χ2v) is 10.6. The lowest BCUT2D eigenvalue weighted by molar-refractivity contribution is 0.0133. The number of hydrogen-bond acceptors (Lipinski definition) is 4. The van der Waals surface area contributed by atoms with E-state index in [0.717, 1.165) is 31.4 Å². The monoisotopic (exact) mass is 342 g/mol. The summed E-state index contributed by atoms with van der Waals surface area (Å²) in [6.07, 6.45) is 3.59. The predicted molar refractivity (Wildman–Crippen MR) is 94.0 cm³/mol. The van der Waals surface area contributed by atoms with Gasteiger partial charge in [0.1, 0.15) is 21.7 Å². The summed E-state index contributed by atoms with van der Waals surface area (Å²) in [5.41, 5.74) is 0.702. The van der Waals surface area contributed by atoms with Crippen LogP contribution in [-0.2, 0) is 16.1 Å². The molecule has 0 N–H and O–H groups in total. The highest BCUT2D eigenvalue weighted by Crippen LogP contribution is 2.47. The number of carbonyl (C=O) groups is 1. The van der Waals surface area contributed by atoms with E-state index in [1.807, 2.05) is 41.5 Å². The first kappa shape index (κ1) is 18.6. The average Bonchev–Trinajstić information content (AvgIpc) is 2.40. The summed E-state index contributed by atoms with van der Waals surface area (Å²) in [5.74, 6) is 0. The van der Waals surface area contributed by atoms with Crippen molar-refractivity contribution >= 4 is 23.2 Å². The molecule has 0 unspecified atom stereocenters. The standard InChI is InChI=1S/C17H30N2O3S/c1-15(2,3)22-14(20)19-11-9-17(10-12-19)8-7-13(17)18-23(21)16(4,5)6/h7-12H2,1-6H3/b18-13+/t23-/m0/s1. The van der Waals surface area contributed by atoms with E-state index < -0.39 is 17.0 Å². The van der Waals surface area contributed by atoms with Gasteiger partial charge in [-0.05, 0) is 67.2 Å². The molecule has 1 aliphatic carbocycles. The van der Waals surface area contributed by atoms with Gasteiger partial charge >= 0.3 is 6.09 Å². The molecule has 1 heterocycles. The van der Waals surface area contributed by atoms with Crippen molar-refractivity contribution in [3.63, 3.8) is 0 Å². The lowest BCUT2D eigenvalue weighted by Crippen LogP contribution is -2.52. The summed E-state index contributed by atoms with van der Waals surface area (Å²) in [4.78, 5) is 13.9. The maximum Gasteiger partial charge on any atom is 0.410 e. The van der Waals surface area contributed by atoms with Gasteiger partial charge in [0.25, 0.3) is 0 Å². The number of amides is 1. The molecule has 1 saturated heterocycles. The van der Waals surface area contributed by atoms with Crippen LogP contribution in [0.5, 0.6) is 0 Å². The minimum atomic E-state index is -1.19. The van der Waals surface area contributed by atoms with E-state index in [9.17, 15) is 9.35 Å². The maximum atomic E-state index is 12.3. The molecule has 1 spiro atoms. The van der Waals surface area contributed by atoms with Gasteiger partial charge in [0.2, 0.25) is 0 Å². The van der Waals surface area contributed by atoms with Gasteiger partial charge in [-0.15, -0.1) is 0 Å². The number of hydrogen-bond donors (Lipinski definition) is 0. The quantitative estimate of drug-likeness (QED) is 0.682. The zero-order valence-electron chi connectivity index (χ0n) is 15.3. The van der Waals surface area contributed by atoms with Crippen LogP contribution in [0.3, 0.4) is 0 Å². The van der Waals surface area contributed by atoms with Crippen LogP contribution >= 0.6 is 0 Å². The lowest BCUT2D eigenvalue weighted by atomic mass is 9.61. The summed E-state index contributed by atoms with van der Waals surface area (Å²) in [5, 5.41) is 0. The maximum absolute atomic E-state index is 12.3. The van der Waals surface area contributed by atoms with Crippen LogP contribution in [0.25, 0.3) is 0 Å². The molecule has 1 atom stereocenters. The van der Waals surface area contributed by atoms with Gasteiger partial charge in [-0.1, -0.05) is 4.40 Å². The molecule has 23 heavy (non-hydrogen) atoms. The van der Waals surface area contributed by atoms with Gasteiger partial charge in [0.15, 0.2) is 0 Å². The Kier molecular flexibility index (Phi) is 5.07. The third-order valence-electron chi connectivity index (χ3n) is 4.54. The Balaban J connectivity index is 1.96. The number of carbonyl (C=O) groups excluding carboxylic acids is 1. The molecule has 0 aromatic carbocycles. The summed E-state index contributed by atoms with van der Waals surface area (Å²) in [6.45, 7) is 12.9. The number of nitrogens with zero attached hydrogens (tertiary/aromatic N) is 2. The molecular formula is C17H30N2O3S. The SMILES string of the molecule is CC(C)(C)OC(=O)N1CCC2(CC/C2=N\[S@@+]([O-])C(C)(C)C)CC1. The topological polar surface area (TPSA) is 65.0 Å². The Bertz CT molecular complexity index is 483. The van der Waals surface area contributed by atoms with Crippen LogP contribution in [0.15, 0.2) is 4.40 Å². The van der Waals surface area contributed by atoms with Gasteiger partial charge in [0, 0.05) is 18.5 Å². The zero-order valence-corrected chi connectivity index (χ0v) is 16.1. The Morgan fingerprint density at radius 1 is 1.17 bits per heavy atom. The lowest BCUT2D eigenvalue weighted by Gasteiger charge is -2.48. The molecule has 0 radical (unpaired) electrons. The van der Waals surface area contributed by atoms with Gasteiger partial charge in [-0.3, -0.25) is 0 Å². The number of rotatable bonds is 1. The van der Waals surface area contributed by atoms with Crippen molar-refractivity contribution in [3.8, 4) is 0 Å². The van der Waals surface area contributed by atoms with Crippen LogP contribution < -0.4 is 0 Å². The van der Waals surface area contributed by atoms with Crippen LogP contribution in [0.1, 0.15) is 67.2 Å². The van der Waals surface area contributed by atoms with Crippen LogP contribution in [-0.4, -0.2) is 44.7 Å². The van der Waals surface area contributed by atoms with Gasteiger partial charge in [-0.2, -0.15) is 0 Å². The Labute approximate surface area is 143 Å². The van der Waals surface area contributed by atoms with Crippen molar-refractivity contribution in [1.29, 1.82) is 0 Å². The highest BCUT2D eigenvalue weighted by Gasteiger charge is 2.48. The summed E-state index contributed by atoms with van der Waals surface area (Å²) < 4.78 is 21.9. The van der Waals surface area contributed by atoms with Crippen LogP contribution in [0, 0.1) is 5.41 Å². The zero-order chi connectivity index (χ0) is 17.5. The minimum Gasteiger partial charge on any atom is -0.591 e. The molecule has 2 aliphatic rings. The molecule has 0 aromatic rings. The fourth-order valence-electron chi connectivity index (χ4n) is 2.95. The van der Waals surface area contributed by atoms with Gasteiger partial charge in [0.05, 0.1) is 5.71 Å². The van der Waals surface area contributed by atoms with Crippen LogP contribution in [0.2, 0.25) is 0 Å². The number of ether oxygens (including phenoxy) is 1. The first-order valence-electron chi connectivity index (χ1n) is 8.41. The highest BCUT2D eigenvalue weighted by atomic mass is 32.2. The summed E-state index contributed by atoms with van der Waals surface area (Å²) >= 11 is -1.19. The number of piperidine rings is 1. The van der Waals surface area contributed by atoms with E-state index in [0.29, 0.717) is 13.1 Å². The molecule has 132 valence electrons. The van der Waals surface area contributed by atoms with Crippen molar-refractivity contribution < 1.29 is 14.1 Å². The van der Waals surface area contributed by atoms with Gasteiger partial charge < -0.3 is 14.2 Å². The van der Waals surface area contributed by atoms with E-state index in [1.54, 1.807) is 4.90 Å². The smallest absolute Gasteiger partial charge is 0.410 e. The van der Waals surface area contributed by atoms with Crippen molar-refractivity contribution in [2.45, 2.75) is 77.6 Å². The Morgan fingerprint density at radius 2 is 1.74 bits per heavy atom. The Morgan fingerprint density at radius 3 is 2.13 bits per heavy atom. The van der Waals surface area contributed by atoms with E-state index in [1.165, 1.54) is 0 Å². The fourth-order valence-corrected chi connectivity index (χ4v) is 3.71. The minimum absolute atomic E-state index is 0.0689.